The predicted octanol–water partition coefficient (Wildman–Crippen LogP) is 0.481. The molecule has 0 aliphatic heterocycles. The molecule has 2 aromatic heterocycles. The van der Waals surface area contributed by atoms with Gasteiger partial charge < -0.3 is 0 Å². The maximum atomic E-state index is 3.97. The Bertz CT molecular complexity index is 287. The first-order chi connectivity index (χ1) is 4.47. The van der Waals surface area contributed by atoms with Crippen molar-refractivity contribution >= 4 is 21.7 Å². The number of thiazole rings is 1. The molecule has 0 N–H and O–H groups in total. The maximum Gasteiger partial charge on any atom is 0.169 e. The summed E-state index contributed by atoms with van der Waals surface area (Å²) in [7, 11) is 0. The fraction of sp³-hybridized carbons (Fsp3) is 0. The number of aromatic nitrogens is 4. The Morgan fingerprint density at radius 3 is 3.33 bits per heavy atom. The molecule has 0 aliphatic rings. The van der Waals surface area contributed by atoms with E-state index in [9.17, 15) is 0 Å². The molecule has 0 unspecified atom stereocenters. The smallest absolute Gasteiger partial charge is 0.169 e. The third kappa shape index (κ3) is 0.655. The van der Waals surface area contributed by atoms with Crippen molar-refractivity contribution in [2.75, 3.05) is 0 Å². The van der Waals surface area contributed by atoms with Gasteiger partial charge >= 0.3 is 0 Å². The summed E-state index contributed by atoms with van der Waals surface area (Å²) in [4.78, 5) is 4.81. The zero-order valence-electron chi connectivity index (χ0n) is 4.35. The van der Waals surface area contributed by atoms with Crippen molar-refractivity contribution in [2.45, 2.75) is 0 Å². The normalized spacial score (nSPS) is 10.2. The SMILES string of the molecule is c1nc2cnnnc2s1. The van der Waals surface area contributed by atoms with Crippen LogP contribution in [0.1, 0.15) is 0 Å². The average Bonchev–Trinajstić information content (AvgIpc) is 2.33. The molecule has 9 heavy (non-hydrogen) atoms. The topological polar surface area (TPSA) is 51.6 Å². The van der Waals surface area contributed by atoms with Gasteiger partial charge in [0.2, 0.25) is 0 Å². The first kappa shape index (κ1) is 4.75. The van der Waals surface area contributed by atoms with Gasteiger partial charge in [-0.25, -0.2) is 4.98 Å². The van der Waals surface area contributed by atoms with Crippen LogP contribution < -0.4 is 0 Å². The van der Waals surface area contributed by atoms with Gasteiger partial charge in [0, 0.05) is 0 Å². The molecule has 0 saturated carbocycles. The highest BCUT2D eigenvalue weighted by molar-refractivity contribution is 7.16. The van der Waals surface area contributed by atoms with Gasteiger partial charge in [-0.3, -0.25) is 0 Å². The molecule has 0 amide bonds. The van der Waals surface area contributed by atoms with Gasteiger partial charge in [-0.05, 0) is 5.21 Å². The second-order valence-electron chi connectivity index (χ2n) is 1.48. The highest BCUT2D eigenvalue weighted by Gasteiger charge is 1.93. The van der Waals surface area contributed by atoms with Crippen molar-refractivity contribution in [2.24, 2.45) is 0 Å². The van der Waals surface area contributed by atoms with E-state index >= 15 is 0 Å². The molecule has 2 heterocycles. The number of fused-ring (bicyclic) bond motifs is 1. The van der Waals surface area contributed by atoms with E-state index in [-0.39, 0.29) is 0 Å². The summed E-state index contributed by atoms with van der Waals surface area (Å²) in [5.74, 6) is 0. The molecule has 0 bridgehead atoms. The van der Waals surface area contributed by atoms with E-state index < -0.39 is 0 Å². The lowest BCUT2D eigenvalue weighted by molar-refractivity contribution is 0.897. The van der Waals surface area contributed by atoms with Crippen molar-refractivity contribution in [3.63, 3.8) is 0 Å². The molecule has 0 saturated heterocycles. The molecule has 44 valence electrons. The number of hydrogen-bond donors (Lipinski definition) is 0. The average molecular weight is 138 g/mol. The summed E-state index contributed by atoms with van der Waals surface area (Å²) in [6.07, 6.45) is 1.60. The van der Waals surface area contributed by atoms with Crippen molar-refractivity contribution in [3.8, 4) is 0 Å². The first-order valence-electron chi connectivity index (χ1n) is 2.34. The van der Waals surface area contributed by atoms with Gasteiger partial charge in [-0.2, -0.15) is 0 Å². The maximum absolute atomic E-state index is 3.97. The van der Waals surface area contributed by atoms with Gasteiger partial charge in [0.15, 0.2) is 4.83 Å². The molecule has 0 atom stereocenters. The lowest BCUT2D eigenvalue weighted by Gasteiger charge is -1.77. The van der Waals surface area contributed by atoms with Crippen LogP contribution in [0.2, 0.25) is 0 Å². The predicted molar refractivity (Wildman–Crippen MR) is 33.0 cm³/mol. The van der Waals surface area contributed by atoms with Crippen LogP contribution in [0.5, 0.6) is 0 Å². The molecule has 2 rings (SSSR count). The second-order valence-corrected chi connectivity index (χ2v) is 2.31. The van der Waals surface area contributed by atoms with E-state index in [0.717, 1.165) is 10.3 Å². The summed E-state index contributed by atoms with van der Waals surface area (Å²) in [6.45, 7) is 0. The molecular weight excluding hydrogens is 136 g/mol. The van der Waals surface area contributed by atoms with Crippen LogP contribution in [0, 0.1) is 0 Å². The minimum Gasteiger partial charge on any atom is -0.241 e. The van der Waals surface area contributed by atoms with E-state index in [1.165, 1.54) is 11.3 Å². The van der Waals surface area contributed by atoms with Crippen molar-refractivity contribution in [3.05, 3.63) is 11.7 Å². The van der Waals surface area contributed by atoms with Crippen LogP contribution in [0.25, 0.3) is 10.3 Å². The molecule has 5 heteroatoms. The summed E-state index contributed by atoms with van der Waals surface area (Å²) in [5, 5.41) is 10.8. The Labute approximate surface area is 54.6 Å². The van der Waals surface area contributed by atoms with E-state index in [2.05, 4.69) is 20.4 Å². The highest BCUT2D eigenvalue weighted by atomic mass is 32.1. The van der Waals surface area contributed by atoms with Crippen LogP contribution in [0.4, 0.5) is 0 Å². The monoisotopic (exact) mass is 138 g/mol. The van der Waals surface area contributed by atoms with Gasteiger partial charge in [-0.15, -0.1) is 21.5 Å². The minimum absolute atomic E-state index is 0.815. The van der Waals surface area contributed by atoms with Gasteiger partial charge in [0.25, 0.3) is 0 Å². The molecule has 0 aliphatic carbocycles. The standard InChI is InChI=1S/C4H2N4S/c1-3-4(7-8-6-1)9-2-5-3/h1-2H. The largest absolute Gasteiger partial charge is 0.241 e. The van der Waals surface area contributed by atoms with Gasteiger partial charge in [0.1, 0.15) is 5.52 Å². The van der Waals surface area contributed by atoms with E-state index in [0.29, 0.717) is 0 Å². The summed E-state index contributed by atoms with van der Waals surface area (Å²) in [5.41, 5.74) is 2.54. The Balaban J connectivity index is 2.95. The lowest BCUT2D eigenvalue weighted by atomic mass is 10.6. The number of nitrogens with zero attached hydrogens (tertiary/aromatic N) is 4. The van der Waals surface area contributed by atoms with Crippen LogP contribution in [0.3, 0.4) is 0 Å². The fourth-order valence-corrected chi connectivity index (χ4v) is 1.13. The molecule has 0 spiro atoms. The molecule has 0 aromatic carbocycles. The van der Waals surface area contributed by atoms with Gasteiger partial charge in [0.05, 0.1) is 11.7 Å². The highest BCUT2D eigenvalue weighted by Crippen LogP contribution is 2.09. The molecular formula is C4H2N4S. The van der Waals surface area contributed by atoms with E-state index in [1.54, 1.807) is 11.7 Å². The third-order valence-corrected chi connectivity index (χ3v) is 1.67. The van der Waals surface area contributed by atoms with Crippen molar-refractivity contribution in [1.29, 1.82) is 0 Å². The number of hydrogen-bond acceptors (Lipinski definition) is 5. The van der Waals surface area contributed by atoms with Gasteiger partial charge in [-0.1, -0.05) is 0 Å². The van der Waals surface area contributed by atoms with E-state index in [1.807, 2.05) is 0 Å². The number of rotatable bonds is 0. The lowest BCUT2D eigenvalue weighted by Crippen LogP contribution is -1.82. The van der Waals surface area contributed by atoms with Crippen LogP contribution in [0.15, 0.2) is 11.7 Å². The Morgan fingerprint density at radius 2 is 2.44 bits per heavy atom. The fourth-order valence-electron chi connectivity index (χ4n) is 0.559. The molecule has 4 nitrogen and oxygen atoms in total. The first-order valence-corrected chi connectivity index (χ1v) is 3.22. The summed E-state index contributed by atoms with van der Waals surface area (Å²) < 4.78 is 0. The van der Waals surface area contributed by atoms with E-state index in [4.69, 9.17) is 0 Å². The van der Waals surface area contributed by atoms with Crippen molar-refractivity contribution in [1.82, 2.24) is 20.4 Å². The van der Waals surface area contributed by atoms with Crippen LogP contribution in [-0.2, 0) is 0 Å². The van der Waals surface area contributed by atoms with Crippen molar-refractivity contribution < 1.29 is 0 Å². The third-order valence-electron chi connectivity index (χ3n) is 0.942. The minimum atomic E-state index is 0.815. The quantitative estimate of drug-likeness (QED) is 0.531. The molecule has 0 radical (unpaired) electrons. The summed E-state index contributed by atoms with van der Waals surface area (Å²) >= 11 is 1.46. The zero-order valence-corrected chi connectivity index (χ0v) is 5.17. The Morgan fingerprint density at radius 1 is 1.44 bits per heavy atom. The molecule has 2 aromatic rings. The second kappa shape index (κ2) is 1.70. The summed E-state index contributed by atoms with van der Waals surface area (Å²) in [6, 6.07) is 0. The Hall–Kier alpha value is -1.10. The zero-order chi connectivity index (χ0) is 6.10. The van der Waals surface area contributed by atoms with Crippen LogP contribution >= 0.6 is 11.3 Å². The molecule has 0 fully saturated rings. The van der Waals surface area contributed by atoms with Crippen LogP contribution in [-0.4, -0.2) is 20.4 Å². The Kier molecular flexibility index (Phi) is 0.895.